The predicted molar refractivity (Wildman–Crippen MR) is 169 cm³/mol. The lowest BCUT2D eigenvalue weighted by Gasteiger charge is -2.52. The molecule has 2 N–H and O–H groups in total. The SMILES string of the molecule is C=C1[C@H](O)C[C@H]2[C@@H]3[C@H](CCCCCCCCCC(CCC(F)(F)C(F)(F)C(F)(F)C(F)(F)F)C(=O)OC)Cc4cc(O)ccc4[C@H]3CC[C@]12C. The third kappa shape index (κ3) is 7.82. The Hall–Kier alpha value is -2.44. The molecule has 1 aromatic carbocycles. The minimum atomic E-state index is -6.95. The Morgan fingerprint density at radius 2 is 1.58 bits per heavy atom. The first-order chi connectivity index (χ1) is 23.2. The lowest BCUT2D eigenvalue weighted by Crippen LogP contribution is -2.60. The fourth-order valence-electron chi connectivity index (χ4n) is 9.13. The van der Waals surface area contributed by atoms with Crippen molar-refractivity contribution in [2.75, 3.05) is 7.11 Å². The third-order valence-electron chi connectivity index (χ3n) is 12.1. The molecule has 0 aromatic heterocycles. The largest absolute Gasteiger partial charge is 0.508 e. The van der Waals surface area contributed by atoms with Gasteiger partial charge in [-0.1, -0.05) is 64.5 Å². The van der Waals surface area contributed by atoms with E-state index in [-0.39, 0.29) is 17.6 Å². The number of phenolic OH excluding ortho intramolecular Hbond substituents is 1. The van der Waals surface area contributed by atoms with Crippen molar-refractivity contribution in [3.8, 4) is 5.75 Å². The van der Waals surface area contributed by atoms with Crippen LogP contribution in [-0.4, -0.2) is 53.3 Å². The number of unbranched alkanes of at least 4 members (excludes halogenated alkanes) is 6. The number of rotatable bonds is 16. The average Bonchev–Trinajstić information content (AvgIpc) is 3.27. The van der Waals surface area contributed by atoms with Gasteiger partial charge in [0.1, 0.15) is 5.75 Å². The molecule has 7 atom stereocenters. The molecule has 0 spiro atoms. The maximum Gasteiger partial charge on any atom is 0.460 e. The van der Waals surface area contributed by atoms with Crippen LogP contribution < -0.4 is 0 Å². The Bertz CT molecular complexity index is 1350. The van der Waals surface area contributed by atoms with Crippen LogP contribution in [0.15, 0.2) is 30.4 Å². The van der Waals surface area contributed by atoms with E-state index < -0.39 is 54.8 Å². The number of aromatic hydroxyl groups is 1. The van der Waals surface area contributed by atoms with Gasteiger partial charge in [-0.2, -0.15) is 39.5 Å². The van der Waals surface area contributed by atoms with Crippen LogP contribution in [0.1, 0.15) is 114 Å². The minimum absolute atomic E-state index is 0.0630. The summed E-state index contributed by atoms with van der Waals surface area (Å²) in [5.41, 5.74) is 3.36. The Labute approximate surface area is 287 Å². The molecule has 4 rings (SSSR count). The Kier molecular flexibility index (Phi) is 12.3. The van der Waals surface area contributed by atoms with E-state index in [1.807, 2.05) is 6.07 Å². The lowest BCUT2D eigenvalue weighted by atomic mass is 9.52. The summed E-state index contributed by atoms with van der Waals surface area (Å²) in [6, 6.07) is 5.70. The average molecular weight is 729 g/mol. The standard InChI is InChI=1S/C37H49F9O4/c1-22-30(48)21-29-31-24(19-25-20-26(47)13-14-27(25)28(31)16-17-33(22,29)2)12-10-8-6-4-5-7-9-11-23(32(49)50-3)15-18-34(38,39)35(40,41)36(42,43)37(44,45)46/h13-14,20,23-24,28-31,47-48H,1,4-12,15-19,21H2,2-3H3/t23?,24-,28-,29+,30-,31-,33-/m1/s1. The van der Waals surface area contributed by atoms with Gasteiger partial charge in [-0.05, 0) is 103 Å². The fourth-order valence-corrected chi connectivity index (χ4v) is 9.13. The van der Waals surface area contributed by atoms with Gasteiger partial charge in [0.15, 0.2) is 0 Å². The molecule has 0 bridgehead atoms. The van der Waals surface area contributed by atoms with E-state index >= 15 is 0 Å². The number of esters is 1. The number of methoxy groups -OCH3 is 1. The van der Waals surface area contributed by atoms with Gasteiger partial charge in [0.2, 0.25) is 0 Å². The van der Waals surface area contributed by atoms with Crippen molar-refractivity contribution in [1.82, 2.24) is 0 Å². The van der Waals surface area contributed by atoms with Crippen LogP contribution >= 0.6 is 0 Å². The van der Waals surface area contributed by atoms with E-state index in [9.17, 15) is 54.5 Å². The molecule has 4 nitrogen and oxygen atoms in total. The van der Waals surface area contributed by atoms with Gasteiger partial charge >= 0.3 is 29.9 Å². The Morgan fingerprint density at radius 3 is 2.20 bits per heavy atom. The van der Waals surface area contributed by atoms with E-state index in [1.165, 1.54) is 11.1 Å². The number of hydrogen-bond donors (Lipinski definition) is 2. The monoisotopic (exact) mass is 728 g/mol. The summed E-state index contributed by atoms with van der Waals surface area (Å²) in [4.78, 5) is 12.1. The maximum absolute atomic E-state index is 14.0. The molecule has 13 heteroatoms. The molecule has 0 heterocycles. The van der Waals surface area contributed by atoms with E-state index in [2.05, 4.69) is 24.3 Å². The molecule has 3 aliphatic rings. The number of ether oxygens (including phenoxy) is 1. The molecule has 50 heavy (non-hydrogen) atoms. The molecule has 3 aliphatic carbocycles. The number of carbonyl (C=O) groups excluding carboxylic acids is 1. The van der Waals surface area contributed by atoms with Crippen LogP contribution in [0.3, 0.4) is 0 Å². The molecular weight excluding hydrogens is 679 g/mol. The van der Waals surface area contributed by atoms with E-state index in [1.54, 1.807) is 6.07 Å². The zero-order valence-electron chi connectivity index (χ0n) is 28.6. The number of aliphatic hydroxyl groups is 1. The van der Waals surface area contributed by atoms with Gasteiger partial charge in [-0.3, -0.25) is 4.79 Å². The van der Waals surface area contributed by atoms with Crippen molar-refractivity contribution in [2.24, 2.45) is 29.1 Å². The van der Waals surface area contributed by atoms with Crippen LogP contribution in [-0.2, 0) is 16.0 Å². The van der Waals surface area contributed by atoms with E-state index in [4.69, 9.17) is 0 Å². The highest BCUT2D eigenvalue weighted by Crippen LogP contribution is 2.64. The van der Waals surface area contributed by atoms with Crippen molar-refractivity contribution in [3.05, 3.63) is 41.5 Å². The number of hydrogen-bond acceptors (Lipinski definition) is 4. The molecular formula is C37H49F9O4. The second kappa shape index (κ2) is 15.3. The van der Waals surface area contributed by atoms with Gasteiger partial charge in [-0.25, -0.2) is 0 Å². The number of phenols is 1. The lowest BCUT2D eigenvalue weighted by molar-refractivity contribution is -0.396. The van der Waals surface area contributed by atoms with Gasteiger partial charge in [0, 0.05) is 6.42 Å². The molecule has 0 aliphatic heterocycles. The molecule has 0 amide bonds. The van der Waals surface area contributed by atoms with Crippen molar-refractivity contribution in [1.29, 1.82) is 0 Å². The minimum Gasteiger partial charge on any atom is -0.508 e. The summed E-state index contributed by atoms with van der Waals surface area (Å²) in [5.74, 6) is -20.0. The molecule has 2 saturated carbocycles. The first kappa shape index (κ1) is 40.3. The smallest absolute Gasteiger partial charge is 0.460 e. The first-order valence-electron chi connectivity index (χ1n) is 17.7. The van der Waals surface area contributed by atoms with E-state index in [0.29, 0.717) is 36.5 Å². The quantitative estimate of drug-likeness (QED) is 0.0770. The summed E-state index contributed by atoms with van der Waals surface area (Å²) in [6.45, 7) is 6.52. The van der Waals surface area contributed by atoms with Crippen molar-refractivity contribution in [3.63, 3.8) is 0 Å². The van der Waals surface area contributed by atoms with Crippen LogP contribution in [0.4, 0.5) is 39.5 Å². The number of aliphatic hydroxyl groups excluding tert-OH is 1. The van der Waals surface area contributed by atoms with Gasteiger partial charge in [0.05, 0.1) is 19.1 Å². The zero-order valence-corrected chi connectivity index (χ0v) is 28.6. The van der Waals surface area contributed by atoms with Crippen LogP contribution in [0.5, 0.6) is 5.75 Å². The number of alkyl halides is 9. The fraction of sp³-hybridized carbons (Fsp3) is 0.757. The number of benzene rings is 1. The topological polar surface area (TPSA) is 66.8 Å². The molecule has 0 radical (unpaired) electrons. The van der Waals surface area contributed by atoms with E-state index in [0.717, 1.165) is 76.9 Å². The molecule has 284 valence electrons. The van der Waals surface area contributed by atoms with Crippen LogP contribution in [0.25, 0.3) is 0 Å². The molecule has 1 unspecified atom stereocenters. The number of fused-ring (bicyclic) bond motifs is 5. The van der Waals surface area contributed by atoms with Gasteiger partial charge in [-0.15, -0.1) is 0 Å². The molecule has 2 fully saturated rings. The summed E-state index contributed by atoms with van der Waals surface area (Å²) in [6.07, 6.45) is -0.567. The number of carbonyl (C=O) groups is 1. The Morgan fingerprint density at radius 1 is 0.960 bits per heavy atom. The first-order valence-corrected chi connectivity index (χ1v) is 17.7. The van der Waals surface area contributed by atoms with Gasteiger partial charge in [0.25, 0.3) is 0 Å². The van der Waals surface area contributed by atoms with Gasteiger partial charge < -0.3 is 14.9 Å². The second-order valence-corrected chi connectivity index (χ2v) is 15.0. The highest BCUT2D eigenvalue weighted by Gasteiger charge is 2.81. The molecule has 1 aromatic rings. The van der Waals surface area contributed by atoms with Crippen LogP contribution in [0.2, 0.25) is 0 Å². The van der Waals surface area contributed by atoms with Crippen molar-refractivity contribution >= 4 is 5.97 Å². The predicted octanol–water partition coefficient (Wildman–Crippen LogP) is 10.5. The normalized spacial score (nSPS) is 27.8. The Balaban J connectivity index is 1.23. The van der Waals surface area contributed by atoms with Crippen molar-refractivity contribution in [2.45, 2.75) is 139 Å². The summed E-state index contributed by atoms with van der Waals surface area (Å²) in [7, 11) is 0.941. The molecule has 0 saturated heterocycles. The number of halogens is 9. The van der Waals surface area contributed by atoms with Crippen molar-refractivity contribution < 1.29 is 59.3 Å². The maximum atomic E-state index is 14.0. The third-order valence-corrected chi connectivity index (χ3v) is 12.1. The summed E-state index contributed by atoms with van der Waals surface area (Å²) in [5, 5.41) is 21.0. The zero-order chi connectivity index (χ0) is 37.3. The highest BCUT2D eigenvalue weighted by molar-refractivity contribution is 5.72. The summed E-state index contributed by atoms with van der Waals surface area (Å²) >= 11 is 0. The summed E-state index contributed by atoms with van der Waals surface area (Å²) < 4.78 is 124. The highest BCUT2D eigenvalue weighted by atomic mass is 19.4. The van der Waals surface area contributed by atoms with Crippen LogP contribution in [0, 0.1) is 29.1 Å². The second-order valence-electron chi connectivity index (χ2n) is 15.0.